The number of Topliss-reactive ketones (excluding diaryl/α,β-unsaturated/α-hetero) is 1. The van der Waals surface area contributed by atoms with E-state index in [0.717, 1.165) is 24.2 Å². The van der Waals surface area contributed by atoms with E-state index in [1.807, 2.05) is 19.9 Å². The van der Waals surface area contributed by atoms with Crippen LogP contribution < -0.4 is 10.1 Å². The summed E-state index contributed by atoms with van der Waals surface area (Å²) >= 11 is 0. The Balaban J connectivity index is 1.45. The van der Waals surface area contributed by atoms with Crippen molar-refractivity contribution in [2.75, 3.05) is 20.3 Å². The molecule has 154 valence electrons. The molecule has 1 fully saturated rings. The second-order valence-corrected chi connectivity index (χ2v) is 7.18. The van der Waals surface area contributed by atoms with Crippen molar-refractivity contribution in [1.82, 2.24) is 9.88 Å². The van der Waals surface area contributed by atoms with Crippen LogP contribution >= 0.6 is 0 Å². The van der Waals surface area contributed by atoms with Crippen LogP contribution in [0.3, 0.4) is 0 Å². The Bertz CT molecular complexity index is 927. The number of benzene rings is 1. The van der Waals surface area contributed by atoms with Crippen LogP contribution in [0.5, 0.6) is 5.75 Å². The molecule has 0 bridgehead atoms. The predicted octanol–water partition coefficient (Wildman–Crippen LogP) is 2.99. The van der Waals surface area contributed by atoms with Crippen LogP contribution in [0, 0.1) is 13.8 Å². The summed E-state index contributed by atoms with van der Waals surface area (Å²) in [5.41, 5.74) is 2.98. The molecule has 3 rings (SSSR count). The highest BCUT2D eigenvalue weighted by atomic mass is 16.5. The van der Waals surface area contributed by atoms with Crippen molar-refractivity contribution < 1.29 is 23.9 Å². The summed E-state index contributed by atoms with van der Waals surface area (Å²) in [4.78, 5) is 36.6. The van der Waals surface area contributed by atoms with Gasteiger partial charge in [-0.1, -0.05) is 12.1 Å². The Hall–Kier alpha value is -3.09. The monoisotopic (exact) mass is 398 g/mol. The Labute approximate surface area is 170 Å². The topological polar surface area (TPSA) is 86.6 Å². The molecule has 1 amide bonds. The normalized spacial score (nSPS) is 13.1. The summed E-state index contributed by atoms with van der Waals surface area (Å²) in [6, 6.07) is 9.19. The molecule has 7 nitrogen and oxygen atoms in total. The lowest BCUT2D eigenvalue weighted by Gasteiger charge is -2.09. The van der Waals surface area contributed by atoms with Gasteiger partial charge in [0, 0.05) is 29.5 Å². The van der Waals surface area contributed by atoms with Crippen molar-refractivity contribution in [3.8, 4) is 5.75 Å². The number of para-hydroxylation sites is 1. The fourth-order valence-corrected chi connectivity index (χ4v) is 3.46. The third kappa shape index (κ3) is 4.85. The number of amides is 1. The molecule has 0 unspecified atom stereocenters. The third-order valence-corrected chi connectivity index (χ3v) is 5.03. The van der Waals surface area contributed by atoms with E-state index in [9.17, 15) is 14.4 Å². The molecule has 1 aliphatic carbocycles. The summed E-state index contributed by atoms with van der Waals surface area (Å²) in [5, 5.41) is 2.66. The van der Waals surface area contributed by atoms with E-state index < -0.39 is 5.97 Å². The number of methoxy groups -OCH3 is 1. The van der Waals surface area contributed by atoms with Crippen LogP contribution in [-0.4, -0.2) is 42.5 Å². The molecule has 0 aliphatic heterocycles. The second-order valence-electron chi connectivity index (χ2n) is 7.18. The zero-order chi connectivity index (χ0) is 21.0. The van der Waals surface area contributed by atoms with Crippen molar-refractivity contribution in [2.24, 2.45) is 0 Å². The van der Waals surface area contributed by atoms with Crippen molar-refractivity contribution >= 4 is 17.7 Å². The second kappa shape index (κ2) is 8.94. The zero-order valence-corrected chi connectivity index (χ0v) is 17.0. The molecule has 7 heteroatoms. The maximum Gasteiger partial charge on any atom is 0.308 e. The molecule has 1 saturated carbocycles. The first kappa shape index (κ1) is 20.6. The van der Waals surface area contributed by atoms with Gasteiger partial charge in [0.05, 0.1) is 19.1 Å². The molecule has 0 saturated heterocycles. The molecule has 1 aromatic carbocycles. The van der Waals surface area contributed by atoms with E-state index in [2.05, 4.69) is 9.88 Å². The molecule has 1 aliphatic rings. The first-order chi connectivity index (χ1) is 13.9. The highest BCUT2D eigenvalue weighted by molar-refractivity contribution is 5.99. The molecule has 1 aromatic heterocycles. The number of ether oxygens (including phenoxy) is 2. The number of hydrogen-bond acceptors (Lipinski definition) is 5. The first-order valence-electron chi connectivity index (χ1n) is 9.70. The maximum atomic E-state index is 12.4. The van der Waals surface area contributed by atoms with Crippen molar-refractivity contribution in [2.45, 2.75) is 39.2 Å². The van der Waals surface area contributed by atoms with Crippen LogP contribution in [0.25, 0.3) is 0 Å². The highest BCUT2D eigenvalue weighted by Crippen LogP contribution is 2.38. The zero-order valence-electron chi connectivity index (χ0n) is 17.0. The van der Waals surface area contributed by atoms with Gasteiger partial charge in [0.2, 0.25) is 5.78 Å². The quantitative estimate of drug-likeness (QED) is 0.518. The van der Waals surface area contributed by atoms with Crippen LogP contribution in [0.15, 0.2) is 30.3 Å². The standard InChI is InChI=1S/C22H26N2O5/c1-14-12-18(15(2)24(14)16-8-9-16)19(25)13-29-21(26)10-11-23-22(27)17-6-4-5-7-20(17)28-3/h4-7,12,16H,8-11,13H2,1-3H3,(H,23,27). The fourth-order valence-electron chi connectivity index (χ4n) is 3.46. The summed E-state index contributed by atoms with van der Waals surface area (Å²) < 4.78 is 12.4. The van der Waals surface area contributed by atoms with E-state index in [-0.39, 0.29) is 31.3 Å². The first-order valence-corrected chi connectivity index (χ1v) is 9.70. The fraction of sp³-hybridized carbons (Fsp3) is 0.409. The number of esters is 1. The summed E-state index contributed by atoms with van der Waals surface area (Å²) in [7, 11) is 1.49. The van der Waals surface area contributed by atoms with Gasteiger partial charge in [-0.05, 0) is 44.9 Å². The van der Waals surface area contributed by atoms with Gasteiger partial charge >= 0.3 is 5.97 Å². The van der Waals surface area contributed by atoms with Crippen LogP contribution in [0.1, 0.15) is 57.4 Å². The SMILES string of the molecule is COc1ccccc1C(=O)NCCC(=O)OCC(=O)c1cc(C)n(C2CC2)c1C. The minimum atomic E-state index is -0.533. The molecule has 2 aromatic rings. The van der Waals surface area contributed by atoms with Crippen LogP contribution in [0.4, 0.5) is 0 Å². The van der Waals surface area contributed by atoms with Gasteiger partial charge in [-0.25, -0.2) is 0 Å². The smallest absolute Gasteiger partial charge is 0.308 e. The summed E-state index contributed by atoms with van der Waals surface area (Å²) in [6.07, 6.45) is 2.26. The van der Waals surface area contributed by atoms with E-state index in [0.29, 0.717) is 22.9 Å². The summed E-state index contributed by atoms with van der Waals surface area (Å²) in [5.74, 6) is -0.619. The summed E-state index contributed by atoms with van der Waals surface area (Å²) in [6.45, 7) is 3.72. The van der Waals surface area contributed by atoms with Gasteiger partial charge in [-0.2, -0.15) is 0 Å². The Morgan fingerprint density at radius 1 is 1.14 bits per heavy atom. The number of nitrogens with zero attached hydrogens (tertiary/aromatic N) is 1. The number of carbonyl (C=O) groups excluding carboxylic acids is 3. The molecule has 1 heterocycles. The molecule has 29 heavy (non-hydrogen) atoms. The van der Waals surface area contributed by atoms with Crippen LogP contribution in [0.2, 0.25) is 0 Å². The number of carbonyl (C=O) groups is 3. The van der Waals surface area contributed by atoms with Gasteiger partial charge in [-0.3, -0.25) is 14.4 Å². The molecular weight excluding hydrogens is 372 g/mol. The highest BCUT2D eigenvalue weighted by Gasteiger charge is 2.28. The van der Waals surface area contributed by atoms with Gasteiger partial charge in [-0.15, -0.1) is 0 Å². The minimum Gasteiger partial charge on any atom is -0.496 e. The van der Waals surface area contributed by atoms with Gasteiger partial charge in [0.25, 0.3) is 5.91 Å². The van der Waals surface area contributed by atoms with Crippen molar-refractivity contribution in [3.63, 3.8) is 0 Å². The number of rotatable bonds is 9. The van der Waals surface area contributed by atoms with Crippen molar-refractivity contribution in [3.05, 3.63) is 52.8 Å². The van der Waals surface area contributed by atoms with E-state index in [1.165, 1.54) is 7.11 Å². The van der Waals surface area contributed by atoms with Gasteiger partial charge in [0.1, 0.15) is 5.75 Å². The molecule has 1 N–H and O–H groups in total. The average Bonchev–Trinajstić information content (AvgIpc) is 3.50. The molecular formula is C22H26N2O5. The van der Waals surface area contributed by atoms with E-state index >= 15 is 0 Å². The average molecular weight is 398 g/mol. The largest absolute Gasteiger partial charge is 0.496 e. The Kier molecular flexibility index (Phi) is 6.36. The van der Waals surface area contributed by atoms with Crippen molar-refractivity contribution in [1.29, 1.82) is 0 Å². The lowest BCUT2D eigenvalue weighted by molar-refractivity contribution is -0.142. The lowest BCUT2D eigenvalue weighted by Crippen LogP contribution is -2.27. The van der Waals surface area contributed by atoms with Gasteiger partial charge < -0.3 is 19.4 Å². The Morgan fingerprint density at radius 2 is 1.86 bits per heavy atom. The predicted molar refractivity (Wildman–Crippen MR) is 107 cm³/mol. The number of hydrogen-bond donors (Lipinski definition) is 1. The molecule has 0 atom stereocenters. The molecule has 0 spiro atoms. The maximum absolute atomic E-state index is 12.4. The van der Waals surface area contributed by atoms with E-state index in [4.69, 9.17) is 9.47 Å². The number of aromatic nitrogens is 1. The number of nitrogens with one attached hydrogen (secondary N) is 1. The minimum absolute atomic E-state index is 0.0186. The third-order valence-electron chi connectivity index (χ3n) is 5.03. The van der Waals surface area contributed by atoms with Crippen LogP contribution in [-0.2, 0) is 9.53 Å². The number of ketones is 1. The van der Waals surface area contributed by atoms with E-state index in [1.54, 1.807) is 24.3 Å². The Morgan fingerprint density at radius 3 is 2.55 bits per heavy atom. The molecule has 0 radical (unpaired) electrons. The lowest BCUT2D eigenvalue weighted by atomic mass is 10.1. The number of aryl methyl sites for hydroxylation is 1. The van der Waals surface area contributed by atoms with Gasteiger partial charge in [0.15, 0.2) is 6.61 Å².